The molecule has 0 saturated carbocycles. The number of aliphatic hydroxyl groups is 1. The zero-order chi connectivity index (χ0) is 19.8. The molecule has 3 rings (SSSR count). The van der Waals surface area contributed by atoms with Crippen LogP contribution in [-0.4, -0.2) is 15.9 Å². The van der Waals surface area contributed by atoms with Crippen molar-refractivity contribution in [1.29, 1.82) is 0 Å². The number of hydrogen-bond acceptors (Lipinski definition) is 3. The van der Waals surface area contributed by atoms with Crippen LogP contribution in [0.3, 0.4) is 0 Å². The molecule has 0 bridgehead atoms. The van der Waals surface area contributed by atoms with Crippen molar-refractivity contribution in [2.24, 2.45) is 5.92 Å². The summed E-state index contributed by atoms with van der Waals surface area (Å²) < 4.78 is 0. The largest absolute Gasteiger partial charge is 0.512 e. The van der Waals surface area contributed by atoms with Crippen LogP contribution >= 0.6 is 0 Å². The van der Waals surface area contributed by atoms with Gasteiger partial charge in [0.05, 0.1) is 11.3 Å². The molecule has 0 fully saturated rings. The Kier molecular flexibility index (Phi) is 9.78. The van der Waals surface area contributed by atoms with Crippen LogP contribution in [0.15, 0.2) is 66.4 Å². The first kappa shape index (κ1) is 23.7. The Hall–Kier alpha value is -2.29. The first-order valence-corrected chi connectivity index (χ1v) is 9.10. The molecular weight excluding hydrogens is 526 g/mol. The van der Waals surface area contributed by atoms with Crippen molar-refractivity contribution in [3.05, 3.63) is 78.1 Å². The number of pyridine rings is 1. The molecule has 2 aromatic carbocycles. The fraction of sp³-hybridized carbons (Fsp3) is 0.250. The number of aliphatic hydroxyl groups excluding tert-OH is 1. The Labute approximate surface area is 180 Å². The fourth-order valence-corrected chi connectivity index (χ4v) is 2.84. The molecule has 0 aliphatic heterocycles. The van der Waals surface area contributed by atoms with E-state index in [-0.39, 0.29) is 31.6 Å². The molecular formula is C24H26IrNO2-. The van der Waals surface area contributed by atoms with Crippen molar-refractivity contribution < 1.29 is 30.0 Å². The summed E-state index contributed by atoms with van der Waals surface area (Å²) in [5, 5.41) is 9.63. The maximum Gasteiger partial charge on any atom is 0.155 e. The van der Waals surface area contributed by atoms with Gasteiger partial charge in [-0.3, -0.25) is 9.78 Å². The van der Waals surface area contributed by atoms with Crippen LogP contribution in [0.2, 0.25) is 0 Å². The summed E-state index contributed by atoms with van der Waals surface area (Å²) in [6.45, 7) is 7.36. The quantitative estimate of drug-likeness (QED) is 0.248. The van der Waals surface area contributed by atoms with Crippen molar-refractivity contribution in [3.8, 4) is 11.3 Å². The zero-order valence-corrected chi connectivity index (χ0v) is 19.1. The number of nitrogens with zero attached hydrogens (tertiary/aromatic N) is 1. The Bertz CT molecular complexity index is 930. The minimum absolute atomic E-state index is 0. The molecule has 149 valence electrons. The number of carbonyl (C=O) groups excluding carboxylic acids is 1. The molecule has 0 unspecified atom stereocenters. The molecule has 0 amide bonds. The van der Waals surface area contributed by atoms with Crippen molar-refractivity contribution >= 4 is 16.7 Å². The molecule has 3 aromatic rings. The molecule has 1 heterocycles. The molecule has 28 heavy (non-hydrogen) atoms. The van der Waals surface area contributed by atoms with Gasteiger partial charge in [0, 0.05) is 31.6 Å². The summed E-state index contributed by atoms with van der Waals surface area (Å²) in [4.78, 5) is 14.8. The fourth-order valence-electron chi connectivity index (χ4n) is 2.84. The molecule has 0 aliphatic rings. The van der Waals surface area contributed by atoms with Gasteiger partial charge in [0.25, 0.3) is 0 Å². The molecule has 0 saturated heterocycles. The van der Waals surface area contributed by atoms with Crippen LogP contribution in [0.5, 0.6) is 0 Å². The molecule has 4 heteroatoms. The van der Waals surface area contributed by atoms with E-state index in [0.29, 0.717) is 5.92 Å². The van der Waals surface area contributed by atoms with Crippen molar-refractivity contribution in [1.82, 2.24) is 4.98 Å². The van der Waals surface area contributed by atoms with Crippen molar-refractivity contribution in [2.75, 3.05) is 0 Å². The first-order chi connectivity index (χ1) is 12.9. The van der Waals surface area contributed by atoms with Gasteiger partial charge in [-0.15, -0.1) is 35.9 Å². The van der Waals surface area contributed by atoms with Crippen molar-refractivity contribution in [3.63, 3.8) is 0 Å². The van der Waals surface area contributed by atoms with Crippen molar-refractivity contribution in [2.45, 2.75) is 34.1 Å². The monoisotopic (exact) mass is 553 g/mol. The van der Waals surface area contributed by atoms with E-state index in [1.54, 1.807) is 0 Å². The Morgan fingerprint density at radius 3 is 2.36 bits per heavy atom. The van der Waals surface area contributed by atoms with Gasteiger partial charge < -0.3 is 5.11 Å². The average Bonchev–Trinajstić information content (AvgIpc) is 2.61. The van der Waals surface area contributed by atoms with Gasteiger partial charge in [0.15, 0.2) is 5.78 Å². The van der Waals surface area contributed by atoms with Crippen LogP contribution in [0.4, 0.5) is 0 Å². The summed E-state index contributed by atoms with van der Waals surface area (Å²) in [7, 11) is 0. The SMILES string of the molecule is CC(=O)/C=C(/C)O.CC(C)Cc1cc(-c2[c-]cccc2)nc2ccccc12.[Ir]. The predicted octanol–water partition coefficient (Wildman–Crippen LogP) is 5.94. The maximum absolute atomic E-state index is 10.0. The van der Waals surface area contributed by atoms with E-state index in [9.17, 15) is 4.79 Å². The first-order valence-electron chi connectivity index (χ1n) is 9.10. The topological polar surface area (TPSA) is 50.2 Å². The number of rotatable bonds is 4. The smallest absolute Gasteiger partial charge is 0.155 e. The second-order valence-corrected chi connectivity index (χ2v) is 6.95. The van der Waals surface area contributed by atoms with E-state index in [0.717, 1.165) is 23.2 Å². The summed E-state index contributed by atoms with van der Waals surface area (Å²) in [6.07, 6.45) is 2.24. The third kappa shape index (κ3) is 7.38. The Morgan fingerprint density at radius 1 is 1.14 bits per heavy atom. The molecule has 0 aliphatic carbocycles. The number of aromatic nitrogens is 1. The standard InChI is InChI=1S/C19H18N.C5H8O2.Ir/c1-14(2)12-16-13-19(15-8-4-3-5-9-15)20-18-11-7-6-10-17(16)18;1-4(6)3-5(2)7;/h3-8,10-11,13-14H,12H2,1-2H3;3,6H,1-2H3;/q-1;;/b;4-3-;. The number of allylic oxidation sites excluding steroid dienone is 2. The Morgan fingerprint density at radius 2 is 1.82 bits per heavy atom. The molecule has 0 spiro atoms. The summed E-state index contributed by atoms with van der Waals surface area (Å²) in [6, 6.07) is 21.9. The summed E-state index contributed by atoms with van der Waals surface area (Å²) in [5.41, 5.74) is 4.51. The molecule has 0 atom stereocenters. The normalized spacial score (nSPS) is 10.8. The molecule has 1 aromatic heterocycles. The number of hydrogen-bond donors (Lipinski definition) is 1. The second-order valence-electron chi connectivity index (χ2n) is 6.95. The maximum atomic E-state index is 10.0. The zero-order valence-electron chi connectivity index (χ0n) is 16.7. The number of benzene rings is 2. The van der Waals surface area contributed by atoms with Gasteiger partial charge in [0.1, 0.15) is 0 Å². The van der Waals surface area contributed by atoms with Gasteiger partial charge in [-0.05, 0) is 43.5 Å². The molecule has 1 radical (unpaired) electrons. The number of ketones is 1. The number of para-hydroxylation sites is 1. The van der Waals surface area contributed by atoms with Gasteiger partial charge in [-0.25, -0.2) is 0 Å². The third-order valence-electron chi connectivity index (χ3n) is 3.83. The van der Waals surface area contributed by atoms with Crippen LogP contribution in [-0.2, 0) is 31.3 Å². The van der Waals surface area contributed by atoms with Gasteiger partial charge in [-0.2, -0.15) is 0 Å². The van der Waals surface area contributed by atoms with E-state index in [4.69, 9.17) is 10.1 Å². The van der Waals surface area contributed by atoms with Crippen LogP contribution in [0.1, 0.15) is 33.3 Å². The minimum atomic E-state index is -0.125. The molecule has 3 nitrogen and oxygen atoms in total. The molecule has 1 N–H and O–H groups in total. The van der Waals surface area contributed by atoms with Crippen LogP contribution in [0, 0.1) is 12.0 Å². The summed E-state index contributed by atoms with van der Waals surface area (Å²) in [5.74, 6) is 0.570. The van der Waals surface area contributed by atoms with E-state index < -0.39 is 0 Å². The van der Waals surface area contributed by atoms with Crippen LogP contribution in [0.25, 0.3) is 22.2 Å². The third-order valence-corrected chi connectivity index (χ3v) is 3.83. The van der Waals surface area contributed by atoms with Gasteiger partial charge in [-0.1, -0.05) is 38.1 Å². The average molecular weight is 553 g/mol. The van der Waals surface area contributed by atoms with Crippen LogP contribution < -0.4 is 0 Å². The number of fused-ring (bicyclic) bond motifs is 1. The summed E-state index contributed by atoms with van der Waals surface area (Å²) >= 11 is 0. The van der Waals surface area contributed by atoms with Gasteiger partial charge in [0.2, 0.25) is 0 Å². The van der Waals surface area contributed by atoms with Gasteiger partial charge >= 0.3 is 0 Å². The van der Waals surface area contributed by atoms with E-state index >= 15 is 0 Å². The Balaban J connectivity index is 0.000000425. The predicted molar refractivity (Wildman–Crippen MR) is 112 cm³/mol. The second kappa shape index (κ2) is 11.5. The van der Waals surface area contributed by atoms with E-state index in [2.05, 4.69) is 50.2 Å². The van der Waals surface area contributed by atoms with E-state index in [1.165, 1.54) is 30.9 Å². The number of carbonyl (C=O) groups is 1. The minimum Gasteiger partial charge on any atom is -0.512 e. The van der Waals surface area contributed by atoms with E-state index in [1.807, 2.05) is 24.3 Å².